The number of hydrogen-bond donors (Lipinski definition) is 0. The lowest BCUT2D eigenvalue weighted by Crippen LogP contribution is -2.25. The molecule has 0 atom stereocenters. The summed E-state index contributed by atoms with van der Waals surface area (Å²) in [4.78, 5) is 22.6. The van der Waals surface area contributed by atoms with Crippen molar-refractivity contribution in [2.75, 3.05) is 0 Å². The summed E-state index contributed by atoms with van der Waals surface area (Å²) in [7, 11) is 0. The highest BCUT2D eigenvalue weighted by atomic mass is 79.9. The number of carbonyl (C=O) groups excluding carboxylic acids is 1. The van der Waals surface area contributed by atoms with E-state index < -0.39 is 0 Å². The van der Waals surface area contributed by atoms with Crippen molar-refractivity contribution in [2.45, 2.75) is 13.5 Å². The normalized spacial score (nSPS) is 10.3. The largest absolute Gasteiger partial charge is 0.298 e. The number of benzene rings is 1. The monoisotopic (exact) mass is 306 g/mol. The van der Waals surface area contributed by atoms with Crippen molar-refractivity contribution in [2.24, 2.45) is 0 Å². The van der Waals surface area contributed by atoms with Crippen LogP contribution in [0.5, 0.6) is 0 Å². The van der Waals surface area contributed by atoms with Crippen LogP contribution in [0, 0.1) is 0 Å². The lowest BCUT2D eigenvalue weighted by molar-refractivity contribution is 0.112. The molecule has 0 aliphatic heterocycles. The van der Waals surface area contributed by atoms with Crippen LogP contribution in [0.4, 0.5) is 0 Å². The van der Waals surface area contributed by atoms with Gasteiger partial charge in [0.1, 0.15) is 0 Å². The minimum Gasteiger partial charge on any atom is -0.298 e. The lowest BCUT2D eigenvalue weighted by Gasteiger charge is -2.06. The molecule has 0 aliphatic carbocycles. The maximum absolute atomic E-state index is 11.7. The van der Waals surface area contributed by atoms with Crippen LogP contribution in [-0.2, 0) is 6.54 Å². The molecule has 0 aliphatic rings. The fourth-order valence-electron chi connectivity index (χ4n) is 1.62. The zero-order chi connectivity index (χ0) is 13.1. The van der Waals surface area contributed by atoms with Gasteiger partial charge in [-0.25, -0.2) is 4.68 Å². The van der Waals surface area contributed by atoms with Crippen LogP contribution in [0.2, 0.25) is 0 Å². The first-order valence-corrected chi connectivity index (χ1v) is 6.28. The van der Waals surface area contributed by atoms with Gasteiger partial charge in [-0.1, -0.05) is 28.1 Å². The molecule has 0 spiro atoms. The van der Waals surface area contributed by atoms with Crippen molar-refractivity contribution in [3.8, 4) is 11.3 Å². The van der Waals surface area contributed by atoms with Crippen molar-refractivity contribution in [3.05, 3.63) is 50.7 Å². The second kappa shape index (κ2) is 5.27. The van der Waals surface area contributed by atoms with Crippen LogP contribution in [0.25, 0.3) is 11.3 Å². The van der Waals surface area contributed by atoms with Crippen LogP contribution in [0.1, 0.15) is 17.3 Å². The average molecular weight is 307 g/mol. The number of rotatable bonds is 3. The van der Waals surface area contributed by atoms with Gasteiger partial charge in [0, 0.05) is 16.6 Å². The Morgan fingerprint density at radius 1 is 1.33 bits per heavy atom. The highest BCUT2D eigenvalue weighted by Crippen LogP contribution is 2.19. The Morgan fingerprint density at radius 2 is 2.00 bits per heavy atom. The van der Waals surface area contributed by atoms with Crippen LogP contribution >= 0.6 is 15.9 Å². The van der Waals surface area contributed by atoms with E-state index in [0.717, 1.165) is 10.0 Å². The van der Waals surface area contributed by atoms with E-state index in [1.165, 1.54) is 10.7 Å². The van der Waals surface area contributed by atoms with Gasteiger partial charge in [0.2, 0.25) is 0 Å². The zero-order valence-electron chi connectivity index (χ0n) is 9.76. The minimum atomic E-state index is -0.353. The molecular weight excluding hydrogens is 296 g/mol. The molecule has 18 heavy (non-hydrogen) atoms. The predicted octanol–water partition coefficient (Wildman–Crippen LogP) is 2.51. The van der Waals surface area contributed by atoms with E-state index in [1.807, 2.05) is 31.2 Å². The van der Waals surface area contributed by atoms with Gasteiger partial charge in [-0.05, 0) is 25.1 Å². The summed E-state index contributed by atoms with van der Waals surface area (Å²) in [6, 6.07) is 9.06. The molecular formula is C13H11BrN2O2. The third kappa shape index (κ3) is 2.41. The molecule has 1 heterocycles. The summed E-state index contributed by atoms with van der Waals surface area (Å²) in [6.07, 6.45) is 0.568. The molecule has 2 rings (SSSR count). The van der Waals surface area contributed by atoms with Gasteiger partial charge in [-0.2, -0.15) is 5.10 Å². The van der Waals surface area contributed by atoms with Gasteiger partial charge < -0.3 is 0 Å². The molecule has 0 fully saturated rings. The summed E-state index contributed by atoms with van der Waals surface area (Å²) >= 11 is 3.35. The fraction of sp³-hybridized carbons (Fsp3) is 0.154. The van der Waals surface area contributed by atoms with Gasteiger partial charge in [0.25, 0.3) is 5.56 Å². The standard InChI is InChI=1S/C13H11BrN2O2/c1-2-16-13(18)10(8-17)7-12(15-16)9-3-5-11(14)6-4-9/h3-8H,2H2,1H3. The van der Waals surface area contributed by atoms with E-state index in [2.05, 4.69) is 21.0 Å². The summed E-state index contributed by atoms with van der Waals surface area (Å²) in [5, 5.41) is 4.23. The highest BCUT2D eigenvalue weighted by molar-refractivity contribution is 9.10. The van der Waals surface area contributed by atoms with Crippen LogP contribution in [-0.4, -0.2) is 16.1 Å². The third-order valence-electron chi connectivity index (χ3n) is 2.57. The molecule has 0 saturated carbocycles. The third-order valence-corrected chi connectivity index (χ3v) is 3.10. The molecule has 1 aromatic heterocycles. The second-order valence-corrected chi connectivity index (χ2v) is 4.65. The van der Waals surface area contributed by atoms with Crippen molar-refractivity contribution in [3.63, 3.8) is 0 Å². The van der Waals surface area contributed by atoms with E-state index in [9.17, 15) is 9.59 Å². The van der Waals surface area contributed by atoms with Gasteiger partial charge >= 0.3 is 0 Å². The van der Waals surface area contributed by atoms with Crippen molar-refractivity contribution in [1.82, 2.24) is 9.78 Å². The molecule has 1 aromatic carbocycles. The number of halogens is 1. The lowest BCUT2D eigenvalue weighted by atomic mass is 10.1. The topological polar surface area (TPSA) is 52.0 Å². The highest BCUT2D eigenvalue weighted by Gasteiger charge is 2.08. The van der Waals surface area contributed by atoms with Crippen LogP contribution in [0.3, 0.4) is 0 Å². The van der Waals surface area contributed by atoms with E-state index >= 15 is 0 Å². The Bertz CT molecular complexity index is 632. The summed E-state index contributed by atoms with van der Waals surface area (Å²) in [5.74, 6) is 0. The number of carbonyl (C=O) groups is 1. The van der Waals surface area contributed by atoms with E-state index in [0.29, 0.717) is 18.5 Å². The van der Waals surface area contributed by atoms with Crippen molar-refractivity contribution >= 4 is 22.2 Å². The SMILES string of the molecule is CCn1nc(-c2ccc(Br)cc2)cc(C=O)c1=O. The Hall–Kier alpha value is -1.75. The first-order valence-electron chi connectivity index (χ1n) is 5.49. The quantitative estimate of drug-likeness (QED) is 0.819. The first kappa shape index (κ1) is 12.7. The zero-order valence-corrected chi connectivity index (χ0v) is 11.3. The maximum atomic E-state index is 11.7. The molecule has 0 amide bonds. The molecule has 0 saturated heterocycles. The molecule has 0 unspecified atom stereocenters. The second-order valence-electron chi connectivity index (χ2n) is 3.73. The van der Waals surface area contributed by atoms with E-state index in [4.69, 9.17) is 0 Å². The Balaban J connectivity index is 2.61. The maximum Gasteiger partial charge on any atom is 0.277 e. The van der Waals surface area contributed by atoms with Gasteiger partial charge in [0.05, 0.1) is 11.3 Å². The van der Waals surface area contributed by atoms with Crippen molar-refractivity contribution < 1.29 is 4.79 Å². The Labute approximate surface area is 112 Å². The van der Waals surface area contributed by atoms with Gasteiger partial charge in [-0.3, -0.25) is 9.59 Å². The Kier molecular flexibility index (Phi) is 3.72. The summed E-state index contributed by atoms with van der Waals surface area (Å²) in [6.45, 7) is 2.25. The fourth-order valence-corrected chi connectivity index (χ4v) is 1.89. The molecule has 0 N–H and O–H groups in total. The molecule has 0 bridgehead atoms. The summed E-state index contributed by atoms with van der Waals surface area (Å²) < 4.78 is 2.26. The van der Waals surface area contributed by atoms with Crippen LogP contribution in [0.15, 0.2) is 39.6 Å². The van der Waals surface area contributed by atoms with Gasteiger partial charge in [0.15, 0.2) is 6.29 Å². The molecule has 4 nitrogen and oxygen atoms in total. The number of aromatic nitrogens is 2. The number of aryl methyl sites for hydroxylation is 1. The first-order chi connectivity index (χ1) is 8.65. The van der Waals surface area contributed by atoms with E-state index in [1.54, 1.807) is 0 Å². The summed E-state index contributed by atoms with van der Waals surface area (Å²) in [5.41, 5.74) is 1.26. The predicted molar refractivity (Wildman–Crippen MR) is 72.7 cm³/mol. The Morgan fingerprint density at radius 3 is 2.56 bits per heavy atom. The van der Waals surface area contributed by atoms with Crippen molar-refractivity contribution in [1.29, 1.82) is 0 Å². The molecule has 92 valence electrons. The van der Waals surface area contributed by atoms with Gasteiger partial charge in [-0.15, -0.1) is 0 Å². The smallest absolute Gasteiger partial charge is 0.277 e. The minimum absolute atomic E-state index is 0.129. The molecule has 2 aromatic rings. The number of nitrogens with zero attached hydrogens (tertiary/aromatic N) is 2. The molecule has 5 heteroatoms. The molecule has 0 radical (unpaired) electrons. The van der Waals surface area contributed by atoms with Crippen LogP contribution < -0.4 is 5.56 Å². The van der Waals surface area contributed by atoms with E-state index in [-0.39, 0.29) is 11.1 Å². The number of hydrogen-bond acceptors (Lipinski definition) is 3. The average Bonchev–Trinajstić information content (AvgIpc) is 2.40. The number of aldehydes is 1.